The minimum Gasteiger partial charge on any atom is -0.376 e. The van der Waals surface area contributed by atoms with Crippen molar-refractivity contribution in [3.05, 3.63) is 81.5 Å². The van der Waals surface area contributed by atoms with E-state index >= 15 is 0 Å². The molecule has 0 radical (unpaired) electrons. The number of amides is 2. The Morgan fingerprint density at radius 3 is 2.82 bits per heavy atom. The highest BCUT2D eigenvalue weighted by atomic mass is 32.1. The smallest absolute Gasteiger partial charge is 0.248 e. The fraction of sp³-hybridized carbons (Fsp3) is 0.379. The molecule has 8 nitrogen and oxygen atoms in total. The molecule has 0 bridgehead atoms. The number of hydrogen-bond donors (Lipinski definition) is 1. The Morgan fingerprint density at radius 2 is 2.05 bits per heavy atom. The number of benzene rings is 2. The first kappa shape index (κ1) is 26.1. The van der Waals surface area contributed by atoms with E-state index in [1.165, 1.54) is 11.3 Å². The molecule has 0 unspecified atom stereocenters. The van der Waals surface area contributed by atoms with Crippen LogP contribution in [0.1, 0.15) is 40.5 Å². The number of aryl methyl sites for hydroxylation is 2. The number of ether oxygens (including phenoxy) is 1. The number of aromatic nitrogens is 3. The molecule has 9 heteroatoms. The van der Waals surface area contributed by atoms with Gasteiger partial charge in [-0.05, 0) is 67.8 Å². The van der Waals surface area contributed by atoms with Crippen molar-refractivity contribution in [2.24, 2.45) is 0 Å². The van der Waals surface area contributed by atoms with Gasteiger partial charge in [-0.2, -0.15) is 0 Å². The maximum atomic E-state index is 14.0. The quantitative estimate of drug-likeness (QED) is 0.331. The Bertz CT molecular complexity index is 1410. The summed E-state index contributed by atoms with van der Waals surface area (Å²) in [5, 5.41) is 13.5. The number of para-hydroxylation sites is 1. The van der Waals surface area contributed by atoms with Crippen molar-refractivity contribution in [1.29, 1.82) is 0 Å². The minimum absolute atomic E-state index is 0.00568. The van der Waals surface area contributed by atoms with Crippen LogP contribution in [0.4, 0.5) is 0 Å². The number of nitrogens with zero attached hydrogens (tertiary/aromatic N) is 4. The summed E-state index contributed by atoms with van der Waals surface area (Å²) in [5.74, 6) is -0.370. The van der Waals surface area contributed by atoms with Crippen LogP contribution >= 0.6 is 11.3 Å². The van der Waals surface area contributed by atoms with Crippen LogP contribution in [-0.2, 0) is 27.3 Å². The van der Waals surface area contributed by atoms with E-state index < -0.39 is 6.04 Å². The molecule has 0 spiro atoms. The molecule has 3 heterocycles. The van der Waals surface area contributed by atoms with Gasteiger partial charge in [-0.15, -0.1) is 16.4 Å². The van der Waals surface area contributed by atoms with Crippen molar-refractivity contribution < 1.29 is 14.3 Å². The SMILES string of the molecule is Cc1cccc(CCN(C(=O)Cn2nnc3ccccc32)[C@@H](C(=O)NC[C@@H]2CCCO2)c2sccc2C)c1. The van der Waals surface area contributed by atoms with Crippen molar-refractivity contribution in [2.75, 3.05) is 19.7 Å². The van der Waals surface area contributed by atoms with Gasteiger partial charge >= 0.3 is 0 Å². The lowest BCUT2D eigenvalue weighted by atomic mass is 10.1. The van der Waals surface area contributed by atoms with Gasteiger partial charge in [-0.25, -0.2) is 4.68 Å². The second kappa shape index (κ2) is 11.9. The lowest BCUT2D eigenvalue weighted by Crippen LogP contribution is -2.47. The van der Waals surface area contributed by atoms with Gasteiger partial charge in [0.1, 0.15) is 18.1 Å². The van der Waals surface area contributed by atoms with Crippen LogP contribution in [0, 0.1) is 13.8 Å². The third-order valence-electron chi connectivity index (χ3n) is 6.99. The number of carbonyl (C=O) groups is 2. The number of nitrogens with one attached hydrogen (secondary N) is 1. The average molecular weight is 532 g/mol. The molecule has 5 rings (SSSR count). The summed E-state index contributed by atoms with van der Waals surface area (Å²) in [6.07, 6.45) is 2.58. The molecule has 38 heavy (non-hydrogen) atoms. The Balaban J connectivity index is 1.45. The van der Waals surface area contributed by atoms with Crippen LogP contribution in [0.3, 0.4) is 0 Å². The number of carbonyl (C=O) groups excluding carboxylic acids is 2. The lowest BCUT2D eigenvalue weighted by Gasteiger charge is -2.31. The van der Waals surface area contributed by atoms with Crippen LogP contribution in [0.25, 0.3) is 11.0 Å². The highest BCUT2D eigenvalue weighted by molar-refractivity contribution is 7.10. The Morgan fingerprint density at radius 1 is 1.18 bits per heavy atom. The fourth-order valence-corrected chi connectivity index (χ4v) is 5.99. The predicted molar refractivity (Wildman–Crippen MR) is 148 cm³/mol. The largest absolute Gasteiger partial charge is 0.376 e. The molecule has 2 aromatic heterocycles. The highest BCUT2D eigenvalue weighted by Crippen LogP contribution is 2.30. The topological polar surface area (TPSA) is 89.4 Å². The van der Waals surface area contributed by atoms with Gasteiger partial charge in [-0.3, -0.25) is 9.59 Å². The van der Waals surface area contributed by atoms with Crippen LogP contribution in [0.5, 0.6) is 0 Å². The molecule has 1 N–H and O–H groups in total. The van der Waals surface area contributed by atoms with Gasteiger partial charge in [0.05, 0.1) is 11.6 Å². The summed E-state index contributed by atoms with van der Waals surface area (Å²) >= 11 is 1.50. The third-order valence-corrected chi connectivity index (χ3v) is 8.06. The maximum absolute atomic E-state index is 14.0. The van der Waals surface area contributed by atoms with E-state index in [2.05, 4.69) is 40.8 Å². The molecule has 2 atom stereocenters. The van der Waals surface area contributed by atoms with Gasteiger partial charge < -0.3 is 15.0 Å². The van der Waals surface area contributed by atoms with Crippen molar-refractivity contribution >= 4 is 34.2 Å². The molecule has 198 valence electrons. The molecule has 1 saturated heterocycles. The first-order valence-electron chi connectivity index (χ1n) is 13.1. The van der Waals surface area contributed by atoms with Gasteiger partial charge in [0, 0.05) is 24.6 Å². The van der Waals surface area contributed by atoms with E-state index in [1.54, 1.807) is 9.58 Å². The normalized spacial score (nSPS) is 16.0. The van der Waals surface area contributed by atoms with E-state index in [4.69, 9.17) is 4.74 Å². The zero-order valence-electron chi connectivity index (χ0n) is 21.8. The first-order chi connectivity index (χ1) is 18.5. The van der Waals surface area contributed by atoms with Crippen LogP contribution < -0.4 is 5.32 Å². The Kier molecular flexibility index (Phi) is 8.14. The highest BCUT2D eigenvalue weighted by Gasteiger charge is 2.34. The Hall–Kier alpha value is -3.56. The standard InChI is InChI=1S/C29H33N5O3S/c1-20-7-5-8-22(17-20)12-14-33(26(35)19-34-25-11-4-3-10-24(25)31-32-34)27(28-21(2)13-16-38-28)29(36)30-18-23-9-6-15-37-23/h3-5,7-8,10-11,13,16-17,23,27H,6,9,12,14-15,18-19H2,1-2H3,(H,30,36)/t23-,27+/m0/s1. The van der Waals surface area contributed by atoms with Crippen molar-refractivity contribution in [2.45, 2.75) is 51.8 Å². The van der Waals surface area contributed by atoms with Gasteiger partial charge in [0.2, 0.25) is 11.8 Å². The molecule has 0 saturated carbocycles. The van der Waals surface area contributed by atoms with E-state index in [0.29, 0.717) is 19.5 Å². The summed E-state index contributed by atoms with van der Waals surface area (Å²) in [5.41, 5.74) is 4.79. The van der Waals surface area contributed by atoms with E-state index in [1.807, 2.05) is 48.7 Å². The van der Waals surface area contributed by atoms with Crippen molar-refractivity contribution in [1.82, 2.24) is 25.2 Å². The lowest BCUT2D eigenvalue weighted by molar-refractivity contribution is -0.141. The fourth-order valence-electron chi connectivity index (χ4n) is 4.95. The molecular weight excluding hydrogens is 498 g/mol. The summed E-state index contributed by atoms with van der Waals surface area (Å²) in [7, 11) is 0. The van der Waals surface area contributed by atoms with Crippen LogP contribution in [-0.4, -0.2) is 57.5 Å². The zero-order chi connectivity index (χ0) is 26.5. The first-order valence-corrected chi connectivity index (χ1v) is 13.9. The number of hydrogen-bond acceptors (Lipinski definition) is 6. The number of thiophene rings is 1. The van der Waals surface area contributed by atoms with E-state index in [9.17, 15) is 9.59 Å². The van der Waals surface area contributed by atoms with Gasteiger partial charge in [0.25, 0.3) is 0 Å². The van der Waals surface area contributed by atoms with Gasteiger partial charge in [0.15, 0.2) is 0 Å². The molecule has 2 amide bonds. The van der Waals surface area contributed by atoms with Crippen molar-refractivity contribution in [3.63, 3.8) is 0 Å². The van der Waals surface area contributed by atoms with Crippen LogP contribution in [0.15, 0.2) is 60.0 Å². The average Bonchev–Trinajstić information content (AvgIpc) is 3.67. The molecular formula is C29H33N5O3S. The van der Waals surface area contributed by atoms with Crippen molar-refractivity contribution in [3.8, 4) is 0 Å². The molecule has 1 aliphatic rings. The second-order valence-electron chi connectivity index (χ2n) is 9.81. The number of fused-ring (bicyclic) bond motifs is 1. The third kappa shape index (κ3) is 5.95. The summed E-state index contributed by atoms with van der Waals surface area (Å²) in [6, 6.07) is 17.1. The molecule has 0 aliphatic carbocycles. The number of rotatable bonds is 10. The maximum Gasteiger partial charge on any atom is 0.248 e. The van der Waals surface area contributed by atoms with E-state index in [0.717, 1.165) is 52.0 Å². The Labute approximate surface area is 226 Å². The second-order valence-corrected chi connectivity index (χ2v) is 10.8. The van der Waals surface area contributed by atoms with E-state index in [-0.39, 0.29) is 24.5 Å². The summed E-state index contributed by atoms with van der Waals surface area (Å²) < 4.78 is 7.33. The molecule has 2 aromatic carbocycles. The van der Waals surface area contributed by atoms with Crippen LogP contribution in [0.2, 0.25) is 0 Å². The molecule has 1 aliphatic heterocycles. The predicted octanol–water partition coefficient (Wildman–Crippen LogP) is 4.22. The summed E-state index contributed by atoms with van der Waals surface area (Å²) in [4.78, 5) is 30.4. The molecule has 4 aromatic rings. The van der Waals surface area contributed by atoms with Gasteiger partial charge in [-0.1, -0.05) is 47.2 Å². The monoisotopic (exact) mass is 531 g/mol. The molecule has 1 fully saturated rings. The minimum atomic E-state index is -0.747. The zero-order valence-corrected chi connectivity index (χ0v) is 22.6. The summed E-state index contributed by atoms with van der Waals surface area (Å²) in [6.45, 7) is 5.59.